The van der Waals surface area contributed by atoms with Crippen LogP contribution in [0.3, 0.4) is 0 Å². The van der Waals surface area contributed by atoms with Crippen molar-refractivity contribution >= 4 is 17.7 Å². The van der Waals surface area contributed by atoms with Gasteiger partial charge in [0.25, 0.3) is 0 Å². The molecular weight excluding hydrogens is 296 g/mol. The molecule has 0 aliphatic heterocycles. The first-order chi connectivity index (χ1) is 10.6. The highest BCUT2D eigenvalue weighted by atomic mass is 32.2. The minimum atomic E-state index is -0.463. The van der Waals surface area contributed by atoms with E-state index in [0.29, 0.717) is 21.8 Å². The molecule has 4 nitrogen and oxygen atoms in total. The van der Waals surface area contributed by atoms with Gasteiger partial charge < -0.3 is 4.74 Å². The number of aryl methyl sites for hydroxylation is 1. The third-order valence-corrected chi connectivity index (χ3v) is 3.82. The standard InChI is InChI=1S/C17H16N2O2S/c1-4-21-17(20)14-9-13(10-18)16(22-3)19-15(14)12-7-5-11(2)6-8-12/h5-9H,4H2,1-3H3. The van der Waals surface area contributed by atoms with Gasteiger partial charge in [-0.25, -0.2) is 9.78 Å². The maximum absolute atomic E-state index is 12.2. The highest BCUT2D eigenvalue weighted by Gasteiger charge is 2.19. The molecule has 2 aromatic rings. The SMILES string of the molecule is CCOC(=O)c1cc(C#N)c(SC)nc1-c1ccc(C)cc1. The Morgan fingerprint density at radius 2 is 2.05 bits per heavy atom. The molecule has 0 saturated heterocycles. The second-order valence-corrected chi connectivity index (χ2v) is 5.43. The number of thioether (sulfide) groups is 1. The summed E-state index contributed by atoms with van der Waals surface area (Å²) in [6.45, 7) is 4.02. The third-order valence-electron chi connectivity index (χ3n) is 3.12. The average molecular weight is 312 g/mol. The van der Waals surface area contributed by atoms with Crippen molar-refractivity contribution in [3.8, 4) is 17.3 Å². The molecule has 0 spiro atoms. The summed E-state index contributed by atoms with van der Waals surface area (Å²) < 4.78 is 5.09. The maximum atomic E-state index is 12.2. The summed E-state index contributed by atoms with van der Waals surface area (Å²) in [4.78, 5) is 16.7. The van der Waals surface area contributed by atoms with Crippen LogP contribution in [0.1, 0.15) is 28.4 Å². The molecule has 0 saturated carbocycles. The fourth-order valence-corrected chi connectivity index (χ4v) is 2.54. The van der Waals surface area contributed by atoms with Gasteiger partial charge in [0.1, 0.15) is 11.1 Å². The molecule has 0 radical (unpaired) electrons. The fraction of sp³-hybridized carbons (Fsp3) is 0.235. The van der Waals surface area contributed by atoms with Gasteiger partial charge in [-0.15, -0.1) is 11.8 Å². The number of nitrogens with zero attached hydrogens (tertiary/aromatic N) is 2. The summed E-state index contributed by atoms with van der Waals surface area (Å²) in [6.07, 6.45) is 1.85. The molecule has 1 heterocycles. The summed E-state index contributed by atoms with van der Waals surface area (Å²) in [5.74, 6) is -0.463. The monoisotopic (exact) mass is 312 g/mol. The van der Waals surface area contributed by atoms with Gasteiger partial charge in [-0.3, -0.25) is 0 Å². The summed E-state index contributed by atoms with van der Waals surface area (Å²) in [5.41, 5.74) is 3.20. The Hall–Kier alpha value is -2.32. The van der Waals surface area contributed by atoms with Crippen LogP contribution in [0.15, 0.2) is 35.4 Å². The zero-order valence-electron chi connectivity index (χ0n) is 12.7. The lowest BCUT2D eigenvalue weighted by molar-refractivity contribution is 0.0526. The second-order valence-electron chi connectivity index (χ2n) is 4.64. The lowest BCUT2D eigenvalue weighted by atomic mass is 10.0. The molecule has 0 amide bonds. The van der Waals surface area contributed by atoms with Crippen molar-refractivity contribution in [1.82, 2.24) is 4.98 Å². The van der Waals surface area contributed by atoms with Crippen LogP contribution in [0, 0.1) is 18.3 Å². The van der Waals surface area contributed by atoms with Crippen LogP contribution in [0.2, 0.25) is 0 Å². The smallest absolute Gasteiger partial charge is 0.340 e. The maximum Gasteiger partial charge on any atom is 0.340 e. The normalized spacial score (nSPS) is 10.1. The summed E-state index contributed by atoms with van der Waals surface area (Å²) in [6, 6.07) is 11.4. The number of hydrogen-bond acceptors (Lipinski definition) is 5. The number of benzene rings is 1. The number of nitriles is 1. The quantitative estimate of drug-likeness (QED) is 0.634. The van der Waals surface area contributed by atoms with Crippen LogP contribution in [0.5, 0.6) is 0 Å². The minimum Gasteiger partial charge on any atom is -0.462 e. The van der Waals surface area contributed by atoms with Crippen molar-refractivity contribution in [3.63, 3.8) is 0 Å². The van der Waals surface area contributed by atoms with E-state index in [4.69, 9.17) is 4.74 Å². The van der Waals surface area contributed by atoms with Gasteiger partial charge in [-0.1, -0.05) is 29.8 Å². The molecule has 1 aromatic carbocycles. The molecule has 0 bridgehead atoms. The van der Waals surface area contributed by atoms with E-state index in [-0.39, 0.29) is 6.61 Å². The molecule has 0 fully saturated rings. The van der Waals surface area contributed by atoms with Crippen molar-refractivity contribution in [2.45, 2.75) is 18.9 Å². The largest absolute Gasteiger partial charge is 0.462 e. The summed E-state index contributed by atoms with van der Waals surface area (Å²) in [5, 5.41) is 9.83. The lowest BCUT2D eigenvalue weighted by Gasteiger charge is -2.11. The Bertz CT molecular complexity index is 734. The van der Waals surface area contributed by atoms with Gasteiger partial charge in [0, 0.05) is 5.56 Å². The first-order valence-electron chi connectivity index (χ1n) is 6.84. The molecule has 5 heteroatoms. The van der Waals surface area contributed by atoms with Crippen molar-refractivity contribution in [2.24, 2.45) is 0 Å². The van der Waals surface area contributed by atoms with E-state index in [2.05, 4.69) is 11.1 Å². The van der Waals surface area contributed by atoms with Crippen LogP contribution in [0.25, 0.3) is 11.3 Å². The number of ether oxygens (including phenoxy) is 1. The molecule has 1 aromatic heterocycles. The highest BCUT2D eigenvalue weighted by molar-refractivity contribution is 7.98. The Morgan fingerprint density at radius 3 is 2.59 bits per heavy atom. The molecule has 0 unspecified atom stereocenters. The number of aromatic nitrogens is 1. The van der Waals surface area contributed by atoms with Crippen LogP contribution >= 0.6 is 11.8 Å². The Balaban J connectivity index is 2.66. The molecule has 2 rings (SSSR count). The Kier molecular flexibility index (Phi) is 5.18. The number of hydrogen-bond donors (Lipinski definition) is 0. The van der Waals surface area contributed by atoms with E-state index in [1.54, 1.807) is 13.0 Å². The minimum absolute atomic E-state index is 0.276. The highest BCUT2D eigenvalue weighted by Crippen LogP contribution is 2.28. The fourth-order valence-electron chi connectivity index (χ4n) is 2.03. The first kappa shape index (κ1) is 16.1. The molecule has 112 valence electrons. The molecular formula is C17H16N2O2S. The lowest BCUT2D eigenvalue weighted by Crippen LogP contribution is -2.09. The average Bonchev–Trinajstić information content (AvgIpc) is 2.54. The summed E-state index contributed by atoms with van der Waals surface area (Å²) in [7, 11) is 0. The molecule has 0 aliphatic rings. The number of carbonyl (C=O) groups is 1. The van der Waals surface area contributed by atoms with E-state index in [1.807, 2.05) is 37.4 Å². The van der Waals surface area contributed by atoms with Crippen molar-refractivity contribution in [1.29, 1.82) is 5.26 Å². The van der Waals surface area contributed by atoms with Gasteiger partial charge in [0.15, 0.2) is 0 Å². The third kappa shape index (κ3) is 3.29. The molecule has 22 heavy (non-hydrogen) atoms. The predicted octanol–water partition coefficient (Wildman–Crippen LogP) is 3.83. The van der Waals surface area contributed by atoms with E-state index in [9.17, 15) is 10.1 Å². The van der Waals surface area contributed by atoms with Crippen LogP contribution in [-0.2, 0) is 4.74 Å². The van der Waals surface area contributed by atoms with Gasteiger partial charge in [-0.2, -0.15) is 5.26 Å². The zero-order chi connectivity index (χ0) is 16.1. The van der Waals surface area contributed by atoms with E-state index < -0.39 is 5.97 Å². The molecule has 0 atom stereocenters. The van der Waals surface area contributed by atoms with Gasteiger partial charge in [0.05, 0.1) is 23.4 Å². The van der Waals surface area contributed by atoms with Crippen LogP contribution < -0.4 is 0 Å². The number of esters is 1. The van der Waals surface area contributed by atoms with Crippen LogP contribution in [0.4, 0.5) is 0 Å². The van der Waals surface area contributed by atoms with Crippen LogP contribution in [-0.4, -0.2) is 23.8 Å². The Labute approximate surface area is 134 Å². The van der Waals surface area contributed by atoms with Gasteiger partial charge in [-0.05, 0) is 26.2 Å². The van der Waals surface area contributed by atoms with Gasteiger partial charge >= 0.3 is 5.97 Å². The summed E-state index contributed by atoms with van der Waals surface area (Å²) >= 11 is 1.38. The number of pyridine rings is 1. The predicted molar refractivity (Wildman–Crippen MR) is 86.9 cm³/mol. The number of rotatable bonds is 4. The second kappa shape index (κ2) is 7.10. The van der Waals surface area contributed by atoms with E-state index >= 15 is 0 Å². The topological polar surface area (TPSA) is 63.0 Å². The van der Waals surface area contributed by atoms with Crippen molar-refractivity contribution in [2.75, 3.05) is 12.9 Å². The van der Waals surface area contributed by atoms with E-state index in [0.717, 1.165) is 11.1 Å². The van der Waals surface area contributed by atoms with Crippen molar-refractivity contribution in [3.05, 3.63) is 47.0 Å². The Morgan fingerprint density at radius 1 is 1.36 bits per heavy atom. The van der Waals surface area contributed by atoms with Gasteiger partial charge in [0.2, 0.25) is 0 Å². The number of carbonyl (C=O) groups excluding carboxylic acids is 1. The van der Waals surface area contributed by atoms with E-state index in [1.165, 1.54) is 11.8 Å². The first-order valence-corrected chi connectivity index (χ1v) is 8.06. The molecule has 0 aliphatic carbocycles. The zero-order valence-corrected chi connectivity index (χ0v) is 13.5. The molecule has 0 N–H and O–H groups in total. The van der Waals surface area contributed by atoms with Crippen molar-refractivity contribution < 1.29 is 9.53 Å².